The topological polar surface area (TPSA) is 60.7 Å². The summed E-state index contributed by atoms with van der Waals surface area (Å²) < 4.78 is 0. The Balaban J connectivity index is 1.70. The van der Waals surface area contributed by atoms with Gasteiger partial charge < -0.3 is 15.3 Å². The van der Waals surface area contributed by atoms with E-state index in [9.17, 15) is 15.3 Å². The van der Waals surface area contributed by atoms with Crippen molar-refractivity contribution in [1.82, 2.24) is 0 Å². The summed E-state index contributed by atoms with van der Waals surface area (Å²) in [6.07, 6.45) is 9.91. The molecule has 124 valence electrons. The summed E-state index contributed by atoms with van der Waals surface area (Å²) in [5.41, 5.74) is 1.35. The molecule has 3 saturated carbocycles. The highest BCUT2D eigenvalue weighted by Crippen LogP contribution is 2.64. The SMILES string of the molecule is C[C@]12CC[C@H]3[C@@H](CC=C4C[C@@H](O)CC[C@@]43CO)[C@@H]1CCC2O. The van der Waals surface area contributed by atoms with Gasteiger partial charge in [0.2, 0.25) is 0 Å². The zero-order chi connectivity index (χ0) is 15.5. The third-order valence-electron chi connectivity index (χ3n) is 8.03. The van der Waals surface area contributed by atoms with E-state index in [0.29, 0.717) is 17.8 Å². The van der Waals surface area contributed by atoms with E-state index in [1.807, 2.05) is 0 Å². The molecular formula is C19H30O3. The summed E-state index contributed by atoms with van der Waals surface area (Å²) in [6.45, 7) is 2.53. The lowest BCUT2D eigenvalue weighted by Crippen LogP contribution is -2.53. The van der Waals surface area contributed by atoms with Crippen LogP contribution in [0.15, 0.2) is 11.6 Å². The Kier molecular flexibility index (Phi) is 3.49. The fraction of sp³-hybridized carbons (Fsp3) is 0.895. The Bertz CT molecular complexity index is 487. The van der Waals surface area contributed by atoms with E-state index in [0.717, 1.165) is 51.4 Å². The lowest BCUT2D eigenvalue weighted by atomic mass is 9.47. The highest BCUT2D eigenvalue weighted by molar-refractivity contribution is 5.26. The number of rotatable bonds is 1. The lowest BCUT2D eigenvalue weighted by Gasteiger charge is -2.58. The van der Waals surface area contributed by atoms with E-state index < -0.39 is 0 Å². The number of fused-ring (bicyclic) bond motifs is 5. The maximum Gasteiger partial charge on any atom is 0.0596 e. The first-order valence-corrected chi connectivity index (χ1v) is 9.18. The van der Waals surface area contributed by atoms with Crippen LogP contribution in [0.5, 0.6) is 0 Å². The second-order valence-corrected chi connectivity index (χ2v) is 8.69. The van der Waals surface area contributed by atoms with E-state index in [-0.39, 0.29) is 29.6 Å². The molecule has 3 nitrogen and oxygen atoms in total. The van der Waals surface area contributed by atoms with Crippen LogP contribution in [-0.2, 0) is 0 Å². The van der Waals surface area contributed by atoms with Gasteiger partial charge in [0.1, 0.15) is 0 Å². The molecule has 0 aliphatic heterocycles. The third-order valence-corrected chi connectivity index (χ3v) is 8.03. The number of hydrogen-bond donors (Lipinski definition) is 3. The van der Waals surface area contributed by atoms with E-state index in [4.69, 9.17) is 0 Å². The van der Waals surface area contributed by atoms with Crippen LogP contribution in [0.1, 0.15) is 58.3 Å². The molecule has 0 aromatic carbocycles. The van der Waals surface area contributed by atoms with Crippen molar-refractivity contribution >= 4 is 0 Å². The first-order chi connectivity index (χ1) is 10.5. The fourth-order valence-electron chi connectivity index (χ4n) is 6.70. The first-order valence-electron chi connectivity index (χ1n) is 9.18. The Labute approximate surface area is 133 Å². The van der Waals surface area contributed by atoms with E-state index in [2.05, 4.69) is 13.0 Å². The number of allylic oxidation sites excluding steroid dienone is 1. The average Bonchev–Trinajstić information content (AvgIpc) is 2.82. The summed E-state index contributed by atoms with van der Waals surface area (Å²) in [6, 6.07) is 0. The third kappa shape index (κ3) is 1.85. The molecule has 3 heteroatoms. The molecule has 3 N–H and O–H groups in total. The molecule has 0 aromatic rings. The van der Waals surface area contributed by atoms with E-state index in [1.165, 1.54) is 5.57 Å². The van der Waals surface area contributed by atoms with Crippen molar-refractivity contribution in [3.8, 4) is 0 Å². The minimum atomic E-state index is -0.218. The lowest BCUT2D eigenvalue weighted by molar-refractivity contribution is -0.0889. The molecule has 0 heterocycles. The number of aliphatic hydroxyl groups is 3. The number of aliphatic hydroxyl groups excluding tert-OH is 3. The van der Waals surface area contributed by atoms with E-state index in [1.54, 1.807) is 0 Å². The van der Waals surface area contributed by atoms with Gasteiger partial charge in [0, 0.05) is 5.41 Å². The molecule has 4 aliphatic rings. The van der Waals surface area contributed by atoms with Crippen molar-refractivity contribution in [3.63, 3.8) is 0 Å². The monoisotopic (exact) mass is 306 g/mol. The highest BCUT2D eigenvalue weighted by atomic mass is 16.3. The second-order valence-electron chi connectivity index (χ2n) is 8.69. The van der Waals surface area contributed by atoms with Gasteiger partial charge in [-0.1, -0.05) is 18.6 Å². The first kappa shape index (κ1) is 15.2. The van der Waals surface area contributed by atoms with Crippen LogP contribution in [0.4, 0.5) is 0 Å². The van der Waals surface area contributed by atoms with E-state index >= 15 is 0 Å². The average molecular weight is 306 g/mol. The molecule has 0 spiro atoms. The second kappa shape index (κ2) is 5.06. The minimum absolute atomic E-state index is 0.0724. The van der Waals surface area contributed by atoms with Crippen LogP contribution in [-0.4, -0.2) is 34.1 Å². The molecule has 22 heavy (non-hydrogen) atoms. The van der Waals surface area contributed by atoms with Gasteiger partial charge in [-0.2, -0.15) is 0 Å². The number of hydrogen-bond acceptors (Lipinski definition) is 3. The van der Waals surface area contributed by atoms with Gasteiger partial charge in [-0.25, -0.2) is 0 Å². The van der Waals surface area contributed by atoms with Crippen LogP contribution >= 0.6 is 0 Å². The molecule has 4 rings (SSSR count). The van der Waals surface area contributed by atoms with Gasteiger partial charge in [-0.3, -0.25) is 0 Å². The van der Waals surface area contributed by atoms with Crippen LogP contribution < -0.4 is 0 Å². The van der Waals surface area contributed by atoms with Gasteiger partial charge >= 0.3 is 0 Å². The smallest absolute Gasteiger partial charge is 0.0596 e. The van der Waals surface area contributed by atoms with Crippen molar-refractivity contribution in [2.75, 3.05) is 6.61 Å². The summed E-state index contributed by atoms with van der Waals surface area (Å²) >= 11 is 0. The summed E-state index contributed by atoms with van der Waals surface area (Å²) in [5.74, 6) is 1.77. The van der Waals surface area contributed by atoms with Crippen LogP contribution in [0.2, 0.25) is 0 Å². The van der Waals surface area contributed by atoms with Crippen molar-refractivity contribution in [3.05, 3.63) is 11.6 Å². The molecule has 1 unspecified atom stereocenters. The zero-order valence-electron chi connectivity index (χ0n) is 13.7. The van der Waals surface area contributed by atoms with Crippen molar-refractivity contribution in [1.29, 1.82) is 0 Å². The standard InChI is InChI=1S/C19H30O3/c1-18-8-7-16-14(15(18)4-5-17(18)22)3-2-12-10-13(21)6-9-19(12,16)11-20/h2,13-17,20-22H,3-11H2,1H3/t13-,14-,15-,16-,17?,18-,19+/m0/s1. The molecular weight excluding hydrogens is 276 g/mol. The molecule has 7 atom stereocenters. The minimum Gasteiger partial charge on any atom is -0.395 e. The van der Waals surface area contributed by atoms with Crippen molar-refractivity contribution in [2.24, 2.45) is 28.6 Å². The molecule has 0 aromatic heterocycles. The van der Waals surface area contributed by atoms with Crippen LogP contribution in [0.25, 0.3) is 0 Å². The Morgan fingerprint density at radius 1 is 1.09 bits per heavy atom. The maximum atomic E-state index is 10.5. The maximum absolute atomic E-state index is 10.5. The molecule has 3 fully saturated rings. The highest BCUT2D eigenvalue weighted by Gasteiger charge is 2.59. The fourth-order valence-corrected chi connectivity index (χ4v) is 6.70. The van der Waals surface area contributed by atoms with Crippen molar-refractivity contribution in [2.45, 2.75) is 70.5 Å². The van der Waals surface area contributed by atoms with Gasteiger partial charge in [0.05, 0.1) is 18.8 Å². The van der Waals surface area contributed by atoms with Crippen LogP contribution in [0, 0.1) is 28.6 Å². The molecule has 0 bridgehead atoms. The normalized spacial score (nSPS) is 54.2. The van der Waals surface area contributed by atoms with Crippen molar-refractivity contribution < 1.29 is 15.3 Å². The quantitative estimate of drug-likeness (QED) is 0.653. The Hall–Kier alpha value is -0.380. The predicted molar refractivity (Wildman–Crippen MR) is 85.1 cm³/mol. The summed E-state index contributed by atoms with van der Waals surface area (Å²) in [4.78, 5) is 0. The van der Waals surface area contributed by atoms with Gasteiger partial charge in [-0.15, -0.1) is 0 Å². The van der Waals surface area contributed by atoms with Crippen LogP contribution in [0.3, 0.4) is 0 Å². The zero-order valence-corrected chi connectivity index (χ0v) is 13.7. The predicted octanol–water partition coefficient (Wildman–Crippen LogP) is 2.64. The Morgan fingerprint density at radius 2 is 1.91 bits per heavy atom. The summed E-state index contributed by atoms with van der Waals surface area (Å²) in [5, 5.41) is 30.8. The largest absolute Gasteiger partial charge is 0.395 e. The Morgan fingerprint density at radius 3 is 2.68 bits per heavy atom. The van der Waals surface area contributed by atoms with Gasteiger partial charge in [0.15, 0.2) is 0 Å². The molecule has 0 radical (unpaired) electrons. The summed E-state index contributed by atoms with van der Waals surface area (Å²) in [7, 11) is 0. The van der Waals surface area contributed by atoms with Gasteiger partial charge in [-0.05, 0) is 74.5 Å². The molecule has 4 aliphatic carbocycles. The molecule has 0 amide bonds. The molecule has 0 saturated heterocycles. The van der Waals surface area contributed by atoms with Gasteiger partial charge in [0.25, 0.3) is 0 Å².